The maximum absolute atomic E-state index is 11.3. The van der Waals surface area contributed by atoms with E-state index in [9.17, 15) is 4.79 Å². The van der Waals surface area contributed by atoms with E-state index in [4.69, 9.17) is 16.7 Å². The van der Waals surface area contributed by atoms with Gasteiger partial charge in [0.05, 0.1) is 12.4 Å². The molecule has 1 rings (SSSR count). The molecule has 0 saturated carbocycles. The zero-order valence-electron chi connectivity index (χ0n) is 8.78. The second-order valence-electron chi connectivity index (χ2n) is 3.14. The Morgan fingerprint density at radius 2 is 2.19 bits per heavy atom. The Labute approximate surface area is 104 Å². The number of aliphatic hydroxyl groups excluding tert-OH is 1. The monoisotopic (exact) mass is 259 g/mol. The smallest absolute Gasteiger partial charge is 0.230 e. The first kappa shape index (κ1) is 13.4. The molecule has 5 heteroatoms. The molecule has 0 aliphatic carbocycles. The van der Waals surface area contributed by atoms with Crippen molar-refractivity contribution in [3.05, 3.63) is 34.9 Å². The summed E-state index contributed by atoms with van der Waals surface area (Å²) in [5.74, 6) is 0.906. The maximum atomic E-state index is 11.3. The lowest BCUT2D eigenvalue weighted by atomic mass is 10.2. The largest absolute Gasteiger partial charge is 0.396 e. The molecule has 0 heterocycles. The number of thioether (sulfide) groups is 1. The summed E-state index contributed by atoms with van der Waals surface area (Å²) >= 11 is 7.35. The van der Waals surface area contributed by atoms with Gasteiger partial charge in [-0.05, 0) is 11.6 Å². The van der Waals surface area contributed by atoms with Crippen molar-refractivity contribution in [3.8, 4) is 0 Å². The summed E-state index contributed by atoms with van der Waals surface area (Å²) in [7, 11) is 0. The molecule has 3 nitrogen and oxygen atoms in total. The number of carbonyl (C=O) groups excluding carboxylic acids is 1. The van der Waals surface area contributed by atoms with Crippen molar-refractivity contribution < 1.29 is 9.90 Å². The van der Waals surface area contributed by atoms with E-state index < -0.39 is 0 Å². The van der Waals surface area contributed by atoms with E-state index in [0.29, 0.717) is 23.1 Å². The first-order valence-electron chi connectivity index (χ1n) is 4.92. The number of aliphatic hydroxyl groups is 1. The van der Waals surface area contributed by atoms with Gasteiger partial charge in [0.1, 0.15) is 0 Å². The number of benzene rings is 1. The van der Waals surface area contributed by atoms with E-state index >= 15 is 0 Å². The van der Waals surface area contributed by atoms with E-state index in [2.05, 4.69) is 5.32 Å². The molecule has 2 N–H and O–H groups in total. The van der Waals surface area contributed by atoms with Gasteiger partial charge >= 0.3 is 0 Å². The normalized spacial score (nSPS) is 10.1. The third-order valence-electron chi connectivity index (χ3n) is 1.90. The van der Waals surface area contributed by atoms with Gasteiger partial charge in [0, 0.05) is 17.3 Å². The summed E-state index contributed by atoms with van der Waals surface area (Å²) in [4.78, 5) is 11.3. The van der Waals surface area contributed by atoms with Crippen LogP contribution in [0.4, 0.5) is 0 Å². The highest BCUT2D eigenvalue weighted by Gasteiger charge is 2.03. The molecule has 88 valence electrons. The van der Waals surface area contributed by atoms with Gasteiger partial charge < -0.3 is 10.4 Å². The fourth-order valence-corrected chi connectivity index (χ4v) is 1.88. The lowest BCUT2D eigenvalue weighted by Gasteiger charge is -2.06. The minimum atomic E-state index is -0.0432. The minimum Gasteiger partial charge on any atom is -0.396 e. The first-order chi connectivity index (χ1) is 7.74. The molecule has 0 fully saturated rings. The standard InChI is InChI=1S/C11H14ClNO2S/c12-10-4-2-1-3-9(10)7-13-11(15)8-16-6-5-14/h1-4,14H,5-8H2,(H,13,15). The Hall–Kier alpha value is -0.710. The Kier molecular flexibility index (Phi) is 6.30. The average molecular weight is 260 g/mol. The van der Waals surface area contributed by atoms with Gasteiger partial charge in [-0.2, -0.15) is 0 Å². The number of halogens is 1. The quantitative estimate of drug-likeness (QED) is 0.765. The van der Waals surface area contributed by atoms with Crippen LogP contribution in [0.25, 0.3) is 0 Å². The molecule has 0 unspecified atom stereocenters. The van der Waals surface area contributed by atoms with E-state index in [0.717, 1.165) is 5.56 Å². The molecule has 16 heavy (non-hydrogen) atoms. The van der Waals surface area contributed by atoms with Crippen LogP contribution in [0, 0.1) is 0 Å². The van der Waals surface area contributed by atoms with Crippen LogP contribution < -0.4 is 5.32 Å². The van der Waals surface area contributed by atoms with Crippen molar-refractivity contribution in [3.63, 3.8) is 0 Å². The lowest BCUT2D eigenvalue weighted by molar-refractivity contribution is -0.118. The number of nitrogens with one attached hydrogen (secondary N) is 1. The highest BCUT2D eigenvalue weighted by molar-refractivity contribution is 7.99. The Bertz CT molecular complexity index is 347. The van der Waals surface area contributed by atoms with Crippen LogP contribution in [-0.4, -0.2) is 29.1 Å². The molecule has 0 aromatic heterocycles. The van der Waals surface area contributed by atoms with Crippen molar-refractivity contribution in [2.24, 2.45) is 0 Å². The van der Waals surface area contributed by atoms with Crippen LogP contribution in [0.3, 0.4) is 0 Å². The molecule has 0 spiro atoms. The fourth-order valence-electron chi connectivity index (χ4n) is 1.12. The summed E-state index contributed by atoms with van der Waals surface area (Å²) in [5, 5.41) is 12.0. The first-order valence-corrected chi connectivity index (χ1v) is 6.46. The Morgan fingerprint density at radius 3 is 2.88 bits per heavy atom. The maximum Gasteiger partial charge on any atom is 0.230 e. The summed E-state index contributed by atoms with van der Waals surface area (Å²) < 4.78 is 0. The molecule has 0 atom stereocenters. The number of hydrogen-bond acceptors (Lipinski definition) is 3. The molecule has 1 amide bonds. The van der Waals surface area contributed by atoms with Crippen molar-refractivity contribution in [2.45, 2.75) is 6.54 Å². The number of amides is 1. The fraction of sp³-hybridized carbons (Fsp3) is 0.364. The van der Waals surface area contributed by atoms with Gasteiger partial charge in [-0.15, -0.1) is 11.8 Å². The summed E-state index contributed by atoms with van der Waals surface area (Å²) in [6.07, 6.45) is 0. The molecule has 0 bridgehead atoms. The Morgan fingerprint density at radius 1 is 1.44 bits per heavy atom. The minimum absolute atomic E-state index is 0.0432. The van der Waals surface area contributed by atoms with Crippen molar-refractivity contribution in [1.82, 2.24) is 5.32 Å². The Balaban J connectivity index is 2.29. The van der Waals surface area contributed by atoms with E-state index in [1.807, 2.05) is 18.2 Å². The van der Waals surface area contributed by atoms with Crippen LogP contribution in [0.15, 0.2) is 24.3 Å². The van der Waals surface area contributed by atoms with Crippen molar-refractivity contribution in [1.29, 1.82) is 0 Å². The SMILES string of the molecule is O=C(CSCCO)NCc1ccccc1Cl. The molecule has 0 aliphatic rings. The molecule has 0 radical (unpaired) electrons. The number of carbonyl (C=O) groups is 1. The lowest BCUT2D eigenvalue weighted by Crippen LogP contribution is -2.24. The van der Waals surface area contributed by atoms with Crippen LogP contribution >= 0.6 is 23.4 Å². The predicted molar refractivity (Wildman–Crippen MR) is 67.7 cm³/mol. The highest BCUT2D eigenvalue weighted by atomic mass is 35.5. The van der Waals surface area contributed by atoms with Crippen LogP contribution in [-0.2, 0) is 11.3 Å². The van der Waals surface area contributed by atoms with Crippen molar-refractivity contribution >= 4 is 29.3 Å². The highest BCUT2D eigenvalue weighted by Crippen LogP contribution is 2.14. The van der Waals surface area contributed by atoms with E-state index in [1.54, 1.807) is 6.07 Å². The second-order valence-corrected chi connectivity index (χ2v) is 4.66. The molecule has 1 aromatic rings. The third kappa shape index (κ3) is 4.88. The zero-order valence-corrected chi connectivity index (χ0v) is 10.4. The van der Waals surface area contributed by atoms with Crippen molar-refractivity contribution in [2.75, 3.05) is 18.1 Å². The molecule has 0 aliphatic heterocycles. The third-order valence-corrected chi connectivity index (χ3v) is 3.21. The summed E-state index contributed by atoms with van der Waals surface area (Å²) in [5.41, 5.74) is 0.907. The predicted octanol–water partition coefficient (Wildman–Crippen LogP) is 1.68. The summed E-state index contributed by atoms with van der Waals surface area (Å²) in [6.45, 7) is 0.542. The topological polar surface area (TPSA) is 49.3 Å². The van der Waals surface area contributed by atoms with Crippen LogP contribution in [0.1, 0.15) is 5.56 Å². The van der Waals surface area contributed by atoms with Gasteiger partial charge in [-0.1, -0.05) is 29.8 Å². The molecule has 1 aromatic carbocycles. The van der Waals surface area contributed by atoms with Gasteiger partial charge in [0.25, 0.3) is 0 Å². The number of hydrogen-bond donors (Lipinski definition) is 2. The summed E-state index contributed by atoms with van der Waals surface area (Å²) in [6, 6.07) is 7.41. The van der Waals surface area contributed by atoms with E-state index in [-0.39, 0.29) is 12.5 Å². The van der Waals surface area contributed by atoms with Crippen LogP contribution in [0.5, 0.6) is 0 Å². The molecular formula is C11H14ClNO2S. The average Bonchev–Trinajstić information content (AvgIpc) is 2.28. The molecular weight excluding hydrogens is 246 g/mol. The van der Waals surface area contributed by atoms with E-state index in [1.165, 1.54) is 11.8 Å². The van der Waals surface area contributed by atoms with Gasteiger partial charge in [0.15, 0.2) is 0 Å². The number of rotatable bonds is 6. The van der Waals surface area contributed by atoms with Crippen LogP contribution in [0.2, 0.25) is 5.02 Å². The second kappa shape index (κ2) is 7.54. The van der Waals surface area contributed by atoms with Gasteiger partial charge in [-0.3, -0.25) is 4.79 Å². The van der Waals surface area contributed by atoms with Gasteiger partial charge in [0.2, 0.25) is 5.91 Å². The molecule has 0 saturated heterocycles. The zero-order chi connectivity index (χ0) is 11.8. The van der Waals surface area contributed by atoms with Gasteiger partial charge in [-0.25, -0.2) is 0 Å².